The maximum absolute atomic E-state index is 5.79. The van der Waals surface area contributed by atoms with Crippen LogP contribution in [0.2, 0.25) is 0 Å². The van der Waals surface area contributed by atoms with Gasteiger partial charge in [0.05, 0.1) is 5.69 Å². The fourth-order valence-corrected chi connectivity index (χ4v) is 1.72. The molecular formula is C15H18N2O. The van der Waals surface area contributed by atoms with E-state index >= 15 is 0 Å². The number of pyridine rings is 1. The molecule has 0 bridgehead atoms. The first-order valence-electron chi connectivity index (χ1n) is 6.12. The molecule has 0 saturated carbocycles. The van der Waals surface area contributed by atoms with Gasteiger partial charge in [-0.25, -0.2) is 0 Å². The molecule has 0 atom stereocenters. The van der Waals surface area contributed by atoms with Gasteiger partial charge in [0, 0.05) is 12.7 Å². The van der Waals surface area contributed by atoms with Crippen LogP contribution < -0.4 is 10.5 Å². The lowest BCUT2D eigenvalue weighted by Gasteiger charge is -2.10. The van der Waals surface area contributed by atoms with E-state index in [1.54, 1.807) is 6.20 Å². The summed E-state index contributed by atoms with van der Waals surface area (Å²) in [6.45, 7) is 4.72. The SMILES string of the molecule is CC(C)c1ccc(Oc2cccnc2CN)cc1. The summed E-state index contributed by atoms with van der Waals surface area (Å²) in [6, 6.07) is 11.8. The highest BCUT2D eigenvalue weighted by Crippen LogP contribution is 2.25. The van der Waals surface area contributed by atoms with E-state index < -0.39 is 0 Å². The molecule has 0 aliphatic rings. The standard InChI is InChI=1S/C15H18N2O/c1-11(2)12-5-7-13(8-6-12)18-15-4-3-9-17-14(15)10-16/h3-9,11H,10,16H2,1-2H3. The highest BCUT2D eigenvalue weighted by atomic mass is 16.5. The Bertz CT molecular complexity index is 506. The molecule has 0 aliphatic carbocycles. The van der Waals surface area contributed by atoms with Crippen LogP contribution in [0.15, 0.2) is 42.6 Å². The molecule has 2 N–H and O–H groups in total. The van der Waals surface area contributed by atoms with Gasteiger partial charge in [-0.2, -0.15) is 0 Å². The van der Waals surface area contributed by atoms with Crippen molar-refractivity contribution in [3.63, 3.8) is 0 Å². The van der Waals surface area contributed by atoms with Gasteiger partial charge in [-0.05, 0) is 35.7 Å². The Labute approximate surface area is 108 Å². The number of nitrogens with two attached hydrogens (primary N) is 1. The number of benzene rings is 1. The molecule has 2 rings (SSSR count). The number of nitrogens with zero attached hydrogens (tertiary/aromatic N) is 1. The molecule has 94 valence electrons. The molecule has 3 nitrogen and oxygen atoms in total. The summed E-state index contributed by atoms with van der Waals surface area (Å²) in [5.41, 5.74) is 7.69. The third-order valence-corrected chi connectivity index (χ3v) is 2.82. The van der Waals surface area contributed by atoms with Crippen molar-refractivity contribution in [3.8, 4) is 11.5 Å². The number of rotatable bonds is 4. The van der Waals surface area contributed by atoms with Crippen molar-refractivity contribution in [2.75, 3.05) is 0 Å². The molecule has 0 saturated heterocycles. The second-order valence-corrected chi connectivity index (χ2v) is 4.48. The largest absolute Gasteiger partial charge is 0.455 e. The number of hydrogen-bond donors (Lipinski definition) is 1. The van der Waals surface area contributed by atoms with E-state index in [4.69, 9.17) is 10.5 Å². The molecule has 0 amide bonds. The topological polar surface area (TPSA) is 48.1 Å². The lowest BCUT2D eigenvalue weighted by atomic mass is 10.0. The monoisotopic (exact) mass is 242 g/mol. The first-order chi connectivity index (χ1) is 8.70. The van der Waals surface area contributed by atoms with Crippen LogP contribution >= 0.6 is 0 Å². The molecule has 0 spiro atoms. The van der Waals surface area contributed by atoms with Gasteiger partial charge >= 0.3 is 0 Å². The minimum absolute atomic E-state index is 0.375. The molecule has 0 fully saturated rings. The molecule has 1 heterocycles. The molecule has 18 heavy (non-hydrogen) atoms. The van der Waals surface area contributed by atoms with Crippen LogP contribution in [-0.2, 0) is 6.54 Å². The van der Waals surface area contributed by atoms with E-state index in [-0.39, 0.29) is 0 Å². The highest BCUT2D eigenvalue weighted by Gasteiger charge is 2.05. The third-order valence-electron chi connectivity index (χ3n) is 2.82. The quantitative estimate of drug-likeness (QED) is 0.893. The van der Waals surface area contributed by atoms with Gasteiger partial charge in [0.15, 0.2) is 0 Å². The molecular weight excluding hydrogens is 224 g/mol. The van der Waals surface area contributed by atoms with Crippen molar-refractivity contribution in [1.29, 1.82) is 0 Å². The molecule has 3 heteroatoms. The molecule has 1 aromatic carbocycles. The molecule has 0 unspecified atom stereocenters. The van der Waals surface area contributed by atoms with E-state index in [0.717, 1.165) is 17.2 Å². The van der Waals surface area contributed by atoms with Crippen LogP contribution in [0.25, 0.3) is 0 Å². The number of ether oxygens (including phenoxy) is 1. The van der Waals surface area contributed by atoms with E-state index in [2.05, 4.69) is 31.0 Å². The Balaban J connectivity index is 2.18. The van der Waals surface area contributed by atoms with Crippen molar-refractivity contribution < 1.29 is 4.74 Å². The summed E-state index contributed by atoms with van der Waals surface area (Å²) in [6.07, 6.45) is 1.72. The smallest absolute Gasteiger partial charge is 0.150 e. The molecule has 2 aromatic rings. The van der Waals surface area contributed by atoms with E-state index in [1.165, 1.54) is 5.56 Å². The van der Waals surface area contributed by atoms with Crippen LogP contribution in [0.5, 0.6) is 11.5 Å². The van der Waals surface area contributed by atoms with Gasteiger partial charge in [0.2, 0.25) is 0 Å². The number of aromatic nitrogens is 1. The van der Waals surface area contributed by atoms with Crippen molar-refractivity contribution in [2.24, 2.45) is 5.73 Å². The maximum Gasteiger partial charge on any atom is 0.150 e. The molecule has 1 aromatic heterocycles. The van der Waals surface area contributed by atoms with Gasteiger partial charge < -0.3 is 10.5 Å². The second-order valence-electron chi connectivity index (χ2n) is 4.48. The lowest BCUT2D eigenvalue weighted by molar-refractivity contribution is 0.472. The zero-order chi connectivity index (χ0) is 13.0. The summed E-state index contributed by atoms with van der Waals surface area (Å²) in [5.74, 6) is 2.05. The van der Waals surface area contributed by atoms with E-state index in [0.29, 0.717) is 12.5 Å². The highest BCUT2D eigenvalue weighted by molar-refractivity contribution is 5.35. The zero-order valence-electron chi connectivity index (χ0n) is 10.8. The Morgan fingerprint density at radius 1 is 1.17 bits per heavy atom. The van der Waals surface area contributed by atoms with Gasteiger partial charge in [-0.15, -0.1) is 0 Å². The summed E-state index contributed by atoms with van der Waals surface area (Å²) in [5, 5.41) is 0. The lowest BCUT2D eigenvalue weighted by Crippen LogP contribution is -2.01. The average molecular weight is 242 g/mol. The Morgan fingerprint density at radius 2 is 1.89 bits per heavy atom. The van der Waals surface area contributed by atoms with Crippen molar-refractivity contribution in [3.05, 3.63) is 53.9 Å². The van der Waals surface area contributed by atoms with Crippen molar-refractivity contribution in [2.45, 2.75) is 26.3 Å². The number of hydrogen-bond acceptors (Lipinski definition) is 3. The molecule has 0 aliphatic heterocycles. The normalized spacial score (nSPS) is 10.7. The van der Waals surface area contributed by atoms with Crippen LogP contribution in [0, 0.1) is 0 Å². The van der Waals surface area contributed by atoms with Crippen LogP contribution in [0.1, 0.15) is 31.0 Å². The van der Waals surface area contributed by atoms with Crippen LogP contribution in [0.4, 0.5) is 0 Å². The first-order valence-corrected chi connectivity index (χ1v) is 6.12. The Morgan fingerprint density at radius 3 is 2.50 bits per heavy atom. The summed E-state index contributed by atoms with van der Waals surface area (Å²) in [4.78, 5) is 4.19. The van der Waals surface area contributed by atoms with E-state index in [1.807, 2.05) is 24.3 Å². The fraction of sp³-hybridized carbons (Fsp3) is 0.267. The zero-order valence-corrected chi connectivity index (χ0v) is 10.8. The minimum atomic E-state index is 0.375. The fourth-order valence-electron chi connectivity index (χ4n) is 1.72. The van der Waals surface area contributed by atoms with Gasteiger partial charge in [0.25, 0.3) is 0 Å². The van der Waals surface area contributed by atoms with E-state index in [9.17, 15) is 0 Å². The predicted octanol–water partition coefficient (Wildman–Crippen LogP) is 3.46. The Hall–Kier alpha value is -1.87. The predicted molar refractivity (Wildman–Crippen MR) is 72.7 cm³/mol. The average Bonchev–Trinajstić information content (AvgIpc) is 2.40. The summed E-state index contributed by atoms with van der Waals surface area (Å²) in [7, 11) is 0. The van der Waals surface area contributed by atoms with Crippen molar-refractivity contribution >= 4 is 0 Å². The van der Waals surface area contributed by atoms with Gasteiger partial charge in [-0.1, -0.05) is 26.0 Å². The van der Waals surface area contributed by atoms with Crippen LogP contribution in [0.3, 0.4) is 0 Å². The summed E-state index contributed by atoms with van der Waals surface area (Å²) >= 11 is 0. The molecule has 0 radical (unpaired) electrons. The third kappa shape index (κ3) is 2.87. The maximum atomic E-state index is 5.79. The summed E-state index contributed by atoms with van der Waals surface area (Å²) < 4.78 is 5.79. The van der Waals surface area contributed by atoms with Crippen LogP contribution in [-0.4, -0.2) is 4.98 Å². The van der Waals surface area contributed by atoms with Crippen molar-refractivity contribution in [1.82, 2.24) is 4.98 Å². The second kappa shape index (κ2) is 5.65. The first kappa shape index (κ1) is 12.6. The van der Waals surface area contributed by atoms with Gasteiger partial charge in [0.1, 0.15) is 11.5 Å². The Kier molecular flexibility index (Phi) is 3.95. The minimum Gasteiger partial charge on any atom is -0.455 e. The van der Waals surface area contributed by atoms with Gasteiger partial charge in [-0.3, -0.25) is 4.98 Å².